The number of piperidine rings is 1. The minimum absolute atomic E-state index is 0.0542. The number of carbonyl (C=O) groups excluding carboxylic acids is 1. The number of thiophene rings is 1. The molecule has 2 aromatic heterocycles. The van der Waals surface area contributed by atoms with Gasteiger partial charge in [-0.05, 0) is 19.1 Å². The smallest absolute Gasteiger partial charge is 0.380 e. The number of aliphatic hydroxyl groups is 1. The van der Waals surface area contributed by atoms with Gasteiger partial charge in [-0.25, -0.2) is 0 Å². The normalized spacial score (nSPS) is 17.8. The van der Waals surface area contributed by atoms with Crippen LogP contribution in [0.15, 0.2) is 16.7 Å². The number of alkyl halides is 6. The molecule has 0 atom stereocenters. The number of likely N-dealkylation sites (tertiary alicyclic amines) is 1. The number of carbonyl (C=O) groups is 1. The van der Waals surface area contributed by atoms with Crippen LogP contribution >= 0.6 is 11.3 Å². The van der Waals surface area contributed by atoms with Gasteiger partial charge in [-0.1, -0.05) is 5.16 Å². The Bertz CT molecular complexity index is 878. The Balaban J connectivity index is 1.75. The van der Waals surface area contributed by atoms with Crippen LogP contribution in [0, 0.1) is 6.92 Å². The highest BCUT2D eigenvalue weighted by atomic mass is 32.1. The average Bonchev–Trinajstić information content (AvgIpc) is 3.20. The molecule has 1 aliphatic heterocycles. The molecule has 3 rings (SSSR count). The first-order chi connectivity index (χ1) is 12.8. The Morgan fingerprint density at radius 1 is 1.21 bits per heavy atom. The zero-order valence-electron chi connectivity index (χ0n) is 14.3. The lowest BCUT2D eigenvalue weighted by Gasteiger charge is -2.38. The number of amides is 1. The quantitative estimate of drug-likeness (QED) is 0.726. The molecule has 0 aliphatic carbocycles. The Kier molecular flexibility index (Phi) is 4.99. The van der Waals surface area contributed by atoms with Crippen molar-refractivity contribution < 1.29 is 40.8 Å². The molecule has 5 nitrogen and oxygen atoms in total. The summed E-state index contributed by atoms with van der Waals surface area (Å²) in [7, 11) is 0. The summed E-state index contributed by atoms with van der Waals surface area (Å²) in [4.78, 5) is 14.1. The fourth-order valence-corrected chi connectivity index (χ4v) is 3.94. The Hall–Kier alpha value is -2.08. The zero-order valence-corrected chi connectivity index (χ0v) is 15.1. The molecule has 1 amide bonds. The van der Waals surface area contributed by atoms with E-state index in [1.165, 1.54) is 24.0 Å². The summed E-state index contributed by atoms with van der Waals surface area (Å²) in [6, 6.07) is 2.77. The molecule has 1 saturated heterocycles. The van der Waals surface area contributed by atoms with Gasteiger partial charge in [-0.15, -0.1) is 11.3 Å². The Morgan fingerprint density at radius 2 is 1.82 bits per heavy atom. The maximum absolute atomic E-state index is 12.8. The van der Waals surface area contributed by atoms with Gasteiger partial charge in [0.15, 0.2) is 5.60 Å². The van der Waals surface area contributed by atoms with Gasteiger partial charge in [0.25, 0.3) is 5.91 Å². The predicted molar refractivity (Wildman–Crippen MR) is 85.7 cm³/mol. The second-order valence-electron chi connectivity index (χ2n) is 6.47. The summed E-state index contributed by atoms with van der Waals surface area (Å²) < 4.78 is 81.3. The van der Waals surface area contributed by atoms with Crippen LogP contribution in [-0.2, 0) is 6.18 Å². The van der Waals surface area contributed by atoms with Crippen LogP contribution in [0.4, 0.5) is 26.3 Å². The standard InChI is InChI=1S/C16H14F6N2O3S/c1-8-11(23-27-12(8)15(17,18)19)9-2-3-10(28-9)13(25)24-6-4-14(26,5-7-24)16(20,21)22/h2-3,26H,4-7H2,1H3. The SMILES string of the molecule is Cc1c(-c2ccc(C(=O)N3CCC(O)(C(F)(F)F)CC3)s2)noc1C(F)(F)F. The van der Waals surface area contributed by atoms with E-state index in [4.69, 9.17) is 0 Å². The van der Waals surface area contributed by atoms with Crippen molar-refractivity contribution >= 4 is 17.2 Å². The first-order valence-corrected chi connectivity index (χ1v) is 8.87. The van der Waals surface area contributed by atoms with Crippen molar-refractivity contribution in [1.82, 2.24) is 10.1 Å². The fraction of sp³-hybridized carbons (Fsp3) is 0.500. The maximum atomic E-state index is 12.8. The number of halogens is 6. The third kappa shape index (κ3) is 3.62. The molecule has 2 aromatic rings. The molecule has 12 heteroatoms. The molecule has 0 spiro atoms. The number of nitrogens with zero attached hydrogens (tertiary/aromatic N) is 2. The van der Waals surface area contributed by atoms with Crippen LogP contribution in [0.25, 0.3) is 10.6 Å². The van der Waals surface area contributed by atoms with E-state index >= 15 is 0 Å². The highest BCUT2D eigenvalue weighted by Crippen LogP contribution is 2.40. The summed E-state index contributed by atoms with van der Waals surface area (Å²) in [5.41, 5.74) is -3.10. The highest BCUT2D eigenvalue weighted by Gasteiger charge is 2.55. The third-order valence-corrected chi connectivity index (χ3v) is 5.72. The van der Waals surface area contributed by atoms with E-state index in [2.05, 4.69) is 9.68 Å². The van der Waals surface area contributed by atoms with Gasteiger partial charge in [0.2, 0.25) is 5.76 Å². The minimum Gasteiger partial charge on any atom is -0.380 e. The highest BCUT2D eigenvalue weighted by molar-refractivity contribution is 7.17. The van der Waals surface area contributed by atoms with Crippen LogP contribution in [-0.4, -0.2) is 45.9 Å². The number of aromatic nitrogens is 1. The van der Waals surface area contributed by atoms with Gasteiger partial charge in [-0.2, -0.15) is 26.3 Å². The van der Waals surface area contributed by atoms with E-state index in [1.807, 2.05) is 0 Å². The topological polar surface area (TPSA) is 66.6 Å². The van der Waals surface area contributed by atoms with Gasteiger partial charge in [0.05, 0.1) is 9.75 Å². The van der Waals surface area contributed by atoms with Crippen molar-refractivity contribution in [1.29, 1.82) is 0 Å². The summed E-state index contributed by atoms with van der Waals surface area (Å²) in [5.74, 6) is -1.79. The van der Waals surface area contributed by atoms with E-state index in [-0.39, 0.29) is 34.1 Å². The predicted octanol–water partition coefficient (Wildman–Crippen LogP) is 4.26. The van der Waals surface area contributed by atoms with Crippen LogP contribution in [0.5, 0.6) is 0 Å². The third-order valence-electron chi connectivity index (χ3n) is 4.64. The molecule has 0 radical (unpaired) electrons. The van der Waals surface area contributed by atoms with Crippen molar-refractivity contribution in [3.63, 3.8) is 0 Å². The second-order valence-corrected chi connectivity index (χ2v) is 7.55. The molecule has 0 saturated carbocycles. The largest absolute Gasteiger partial charge is 0.452 e. The molecular weight excluding hydrogens is 414 g/mol. The Labute approximate surface area is 158 Å². The lowest BCUT2D eigenvalue weighted by Crippen LogP contribution is -2.54. The van der Waals surface area contributed by atoms with E-state index in [0.29, 0.717) is 0 Å². The molecule has 1 N–H and O–H groups in total. The maximum Gasteiger partial charge on any atom is 0.452 e. The summed E-state index contributed by atoms with van der Waals surface area (Å²) in [6.45, 7) is 0.616. The number of hydrogen-bond donors (Lipinski definition) is 1. The molecule has 3 heterocycles. The van der Waals surface area contributed by atoms with E-state index in [9.17, 15) is 36.2 Å². The number of hydrogen-bond acceptors (Lipinski definition) is 5. The van der Waals surface area contributed by atoms with Gasteiger partial charge in [0.1, 0.15) is 5.69 Å². The first kappa shape index (κ1) is 20.6. The lowest BCUT2D eigenvalue weighted by molar-refractivity contribution is -0.271. The van der Waals surface area contributed by atoms with Crippen LogP contribution in [0.3, 0.4) is 0 Å². The molecule has 0 bridgehead atoms. The molecule has 154 valence electrons. The molecule has 1 fully saturated rings. The summed E-state index contributed by atoms with van der Waals surface area (Å²) in [6.07, 6.45) is -10.8. The van der Waals surface area contributed by atoms with E-state index in [0.717, 1.165) is 11.3 Å². The average molecular weight is 428 g/mol. The van der Waals surface area contributed by atoms with Crippen molar-refractivity contribution in [3.05, 3.63) is 28.3 Å². The van der Waals surface area contributed by atoms with Crippen molar-refractivity contribution in [3.8, 4) is 10.6 Å². The fourth-order valence-electron chi connectivity index (χ4n) is 2.93. The lowest BCUT2D eigenvalue weighted by atomic mass is 9.91. The van der Waals surface area contributed by atoms with E-state index in [1.54, 1.807) is 0 Å². The van der Waals surface area contributed by atoms with Gasteiger partial charge >= 0.3 is 12.4 Å². The minimum atomic E-state index is -4.78. The van der Waals surface area contributed by atoms with Gasteiger partial charge < -0.3 is 14.5 Å². The van der Waals surface area contributed by atoms with Crippen LogP contribution in [0.2, 0.25) is 0 Å². The monoisotopic (exact) mass is 428 g/mol. The van der Waals surface area contributed by atoms with Gasteiger partial charge in [-0.3, -0.25) is 4.79 Å². The molecule has 28 heavy (non-hydrogen) atoms. The number of rotatable bonds is 2. The molecule has 1 aliphatic rings. The molecular formula is C16H14F6N2O3S. The summed E-state index contributed by atoms with van der Waals surface area (Å²) >= 11 is 0.866. The van der Waals surface area contributed by atoms with Crippen LogP contribution in [0.1, 0.15) is 33.8 Å². The second kappa shape index (κ2) is 6.76. The van der Waals surface area contributed by atoms with Gasteiger partial charge in [0, 0.05) is 31.5 Å². The van der Waals surface area contributed by atoms with Crippen molar-refractivity contribution in [2.75, 3.05) is 13.1 Å². The molecule has 0 aromatic carbocycles. The van der Waals surface area contributed by atoms with E-state index < -0.39 is 42.5 Å². The summed E-state index contributed by atoms with van der Waals surface area (Å²) in [5, 5.41) is 13.1. The van der Waals surface area contributed by atoms with Crippen LogP contribution < -0.4 is 0 Å². The Morgan fingerprint density at radius 3 is 2.32 bits per heavy atom. The zero-order chi connectivity index (χ0) is 20.9. The van der Waals surface area contributed by atoms with Crippen molar-refractivity contribution in [2.24, 2.45) is 0 Å². The molecule has 0 unspecified atom stereocenters. The first-order valence-electron chi connectivity index (χ1n) is 8.05. The van der Waals surface area contributed by atoms with Crippen molar-refractivity contribution in [2.45, 2.75) is 37.7 Å².